The van der Waals surface area contributed by atoms with Gasteiger partial charge in [0.05, 0.1) is 6.61 Å². The van der Waals surface area contributed by atoms with Crippen LogP contribution >= 0.6 is 0 Å². The van der Waals surface area contributed by atoms with Crippen LogP contribution < -0.4 is 5.32 Å². The third-order valence-corrected chi connectivity index (χ3v) is 7.40. The maximum Gasteiger partial charge on any atom is 0.305 e. The molecule has 8 nitrogen and oxygen atoms in total. The molecule has 0 aliphatic heterocycles. The summed E-state index contributed by atoms with van der Waals surface area (Å²) in [6.45, 7) is 8.22. The van der Waals surface area contributed by atoms with E-state index in [1.807, 2.05) is 0 Å². The lowest BCUT2D eigenvalue weighted by molar-refractivity contribution is -0.144. The Bertz CT molecular complexity index is 616. The van der Waals surface area contributed by atoms with Gasteiger partial charge in [-0.1, -0.05) is 84.0 Å². The molecule has 2 N–H and O–H groups in total. The van der Waals surface area contributed by atoms with Crippen molar-refractivity contribution in [3.05, 3.63) is 0 Å². The summed E-state index contributed by atoms with van der Waals surface area (Å²) in [4.78, 5) is 37.0. The monoisotopic (exact) mass is 570 g/mol. The van der Waals surface area contributed by atoms with E-state index in [4.69, 9.17) is 14.6 Å². The highest BCUT2D eigenvalue weighted by atomic mass is 16.5. The molecular formula is C32H62N2O6. The second kappa shape index (κ2) is 28.8. The molecule has 0 fully saturated rings. The second-order valence-electron chi connectivity index (χ2n) is 11.1. The molecule has 0 aliphatic carbocycles. The standard InChI is InChI=1S/C32H62N2O6/c1-4-5-6-7-8-15-20-28-40-31(37)23-17-12-10-14-19-26-34(25-18-13-9-11-16-22-30(35)36)27-21-24-33-32(38)29(2)39-3/h29H,4-28H2,1-3H3,(H,33,38)(H,35,36). The zero-order chi connectivity index (χ0) is 29.7. The van der Waals surface area contributed by atoms with Crippen molar-refractivity contribution in [1.29, 1.82) is 0 Å². The molecule has 236 valence electrons. The van der Waals surface area contributed by atoms with Crippen LogP contribution in [0.1, 0.15) is 142 Å². The van der Waals surface area contributed by atoms with Gasteiger partial charge in [-0.25, -0.2) is 0 Å². The molecule has 0 aliphatic rings. The number of nitrogens with zero attached hydrogens (tertiary/aromatic N) is 1. The molecule has 0 spiro atoms. The molecular weight excluding hydrogens is 508 g/mol. The first-order valence-electron chi connectivity index (χ1n) is 16.3. The van der Waals surface area contributed by atoms with Gasteiger partial charge in [0, 0.05) is 26.5 Å². The quantitative estimate of drug-likeness (QED) is 0.0715. The lowest BCUT2D eigenvalue weighted by Gasteiger charge is -2.22. The summed E-state index contributed by atoms with van der Waals surface area (Å²) in [6.07, 6.45) is 20.3. The van der Waals surface area contributed by atoms with Gasteiger partial charge in [0.15, 0.2) is 0 Å². The lowest BCUT2D eigenvalue weighted by Crippen LogP contribution is -2.36. The minimum atomic E-state index is -0.711. The van der Waals surface area contributed by atoms with E-state index in [-0.39, 0.29) is 18.3 Å². The van der Waals surface area contributed by atoms with Crippen LogP contribution in [-0.2, 0) is 23.9 Å². The average molecular weight is 571 g/mol. The predicted octanol–water partition coefficient (Wildman–Crippen LogP) is 6.89. The van der Waals surface area contributed by atoms with Crippen molar-refractivity contribution in [3.63, 3.8) is 0 Å². The Morgan fingerprint density at radius 3 is 1.77 bits per heavy atom. The highest BCUT2D eigenvalue weighted by molar-refractivity contribution is 5.80. The Morgan fingerprint density at radius 1 is 0.700 bits per heavy atom. The molecule has 0 bridgehead atoms. The minimum absolute atomic E-state index is 0.0490. The van der Waals surface area contributed by atoms with Crippen LogP contribution in [0.4, 0.5) is 0 Å². The Balaban J connectivity index is 3.99. The average Bonchev–Trinajstić information content (AvgIpc) is 2.94. The van der Waals surface area contributed by atoms with E-state index in [0.717, 1.165) is 103 Å². The van der Waals surface area contributed by atoms with Gasteiger partial charge in [-0.05, 0) is 65.1 Å². The van der Waals surface area contributed by atoms with Crippen molar-refractivity contribution >= 4 is 17.8 Å². The second-order valence-corrected chi connectivity index (χ2v) is 11.1. The summed E-state index contributed by atoms with van der Waals surface area (Å²) in [5.74, 6) is -0.832. The van der Waals surface area contributed by atoms with Crippen LogP contribution in [0.15, 0.2) is 0 Å². The third kappa shape index (κ3) is 26.5. The van der Waals surface area contributed by atoms with Crippen LogP contribution in [0.5, 0.6) is 0 Å². The van der Waals surface area contributed by atoms with Gasteiger partial charge < -0.3 is 24.8 Å². The number of aliphatic carboxylic acids is 1. The number of carbonyl (C=O) groups is 3. The van der Waals surface area contributed by atoms with Crippen molar-refractivity contribution in [3.8, 4) is 0 Å². The number of hydrogen-bond donors (Lipinski definition) is 2. The molecule has 1 atom stereocenters. The van der Waals surface area contributed by atoms with E-state index < -0.39 is 12.1 Å². The fraction of sp³-hybridized carbons (Fsp3) is 0.906. The number of hydrogen-bond acceptors (Lipinski definition) is 6. The van der Waals surface area contributed by atoms with Gasteiger partial charge in [0.25, 0.3) is 0 Å². The molecule has 8 heteroatoms. The van der Waals surface area contributed by atoms with Crippen molar-refractivity contribution in [2.75, 3.05) is 39.9 Å². The molecule has 0 aromatic rings. The fourth-order valence-corrected chi connectivity index (χ4v) is 4.69. The number of methoxy groups -OCH3 is 1. The molecule has 0 aromatic carbocycles. The lowest BCUT2D eigenvalue weighted by atomic mass is 10.1. The van der Waals surface area contributed by atoms with Gasteiger partial charge in [-0.2, -0.15) is 0 Å². The molecule has 0 rings (SSSR count). The van der Waals surface area contributed by atoms with Gasteiger partial charge >= 0.3 is 11.9 Å². The van der Waals surface area contributed by atoms with Crippen LogP contribution in [-0.4, -0.2) is 73.9 Å². The number of carboxylic acids is 1. The zero-order valence-electron chi connectivity index (χ0n) is 26.2. The van der Waals surface area contributed by atoms with Gasteiger partial charge in [0.1, 0.15) is 6.10 Å². The van der Waals surface area contributed by atoms with Crippen molar-refractivity contribution < 1.29 is 29.0 Å². The summed E-state index contributed by atoms with van der Waals surface area (Å²) in [5.41, 5.74) is 0. The van der Waals surface area contributed by atoms with E-state index in [0.29, 0.717) is 19.6 Å². The predicted molar refractivity (Wildman–Crippen MR) is 163 cm³/mol. The number of esters is 1. The molecule has 40 heavy (non-hydrogen) atoms. The molecule has 0 saturated carbocycles. The largest absolute Gasteiger partial charge is 0.481 e. The van der Waals surface area contributed by atoms with E-state index in [2.05, 4.69) is 17.1 Å². The SMILES string of the molecule is CCCCCCCCCOC(=O)CCCCCCCN(CCCCCCCC(=O)O)CCCNC(=O)C(C)OC. The number of rotatable bonds is 30. The molecule has 1 unspecified atom stereocenters. The number of carboxylic acid groups (broad SMARTS) is 1. The molecule has 0 aromatic heterocycles. The van der Waals surface area contributed by atoms with Crippen LogP contribution in [0.25, 0.3) is 0 Å². The number of amides is 1. The zero-order valence-corrected chi connectivity index (χ0v) is 26.2. The fourth-order valence-electron chi connectivity index (χ4n) is 4.69. The van der Waals surface area contributed by atoms with Gasteiger partial charge in [-0.15, -0.1) is 0 Å². The highest BCUT2D eigenvalue weighted by Gasteiger charge is 2.11. The van der Waals surface area contributed by atoms with E-state index in [9.17, 15) is 14.4 Å². The first-order chi connectivity index (χ1) is 19.4. The van der Waals surface area contributed by atoms with E-state index in [1.54, 1.807) is 6.92 Å². The Labute approximate surface area is 245 Å². The third-order valence-electron chi connectivity index (χ3n) is 7.40. The maximum atomic E-state index is 11.9. The minimum Gasteiger partial charge on any atom is -0.481 e. The summed E-state index contributed by atoms with van der Waals surface area (Å²) in [6, 6.07) is 0. The van der Waals surface area contributed by atoms with Crippen LogP contribution in [0.3, 0.4) is 0 Å². The topological polar surface area (TPSA) is 105 Å². The summed E-state index contributed by atoms with van der Waals surface area (Å²) >= 11 is 0. The van der Waals surface area contributed by atoms with Crippen LogP contribution in [0, 0.1) is 0 Å². The van der Waals surface area contributed by atoms with Crippen molar-refractivity contribution in [2.24, 2.45) is 0 Å². The van der Waals surface area contributed by atoms with Crippen molar-refractivity contribution in [1.82, 2.24) is 10.2 Å². The van der Waals surface area contributed by atoms with Gasteiger partial charge in [-0.3, -0.25) is 14.4 Å². The maximum absolute atomic E-state index is 11.9. The van der Waals surface area contributed by atoms with Crippen LogP contribution in [0.2, 0.25) is 0 Å². The molecule has 0 saturated heterocycles. The number of carbonyl (C=O) groups excluding carboxylic acids is 2. The Hall–Kier alpha value is -1.67. The Kier molecular flexibility index (Phi) is 27.6. The summed E-state index contributed by atoms with van der Waals surface area (Å²) < 4.78 is 10.4. The normalized spacial score (nSPS) is 12.0. The molecule has 0 heterocycles. The summed E-state index contributed by atoms with van der Waals surface area (Å²) in [5, 5.41) is 11.7. The summed E-state index contributed by atoms with van der Waals surface area (Å²) in [7, 11) is 1.54. The number of unbranched alkanes of at least 4 members (excludes halogenated alkanes) is 14. The number of ether oxygens (including phenoxy) is 2. The van der Waals surface area contributed by atoms with E-state index >= 15 is 0 Å². The van der Waals surface area contributed by atoms with Gasteiger partial charge in [0.2, 0.25) is 5.91 Å². The molecule has 1 amide bonds. The van der Waals surface area contributed by atoms with Crippen molar-refractivity contribution in [2.45, 2.75) is 148 Å². The number of nitrogens with one attached hydrogen (secondary N) is 1. The first kappa shape index (κ1) is 38.3. The highest BCUT2D eigenvalue weighted by Crippen LogP contribution is 2.11. The molecule has 0 radical (unpaired) electrons. The Morgan fingerprint density at radius 2 is 1.20 bits per heavy atom. The smallest absolute Gasteiger partial charge is 0.305 e. The van der Waals surface area contributed by atoms with E-state index in [1.165, 1.54) is 39.2 Å². The first-order valence-corrected chi connectivity index (χ1v) is 16.3.